The predicted molar refractivity (Wildman–Crippen MR) is 111 cm³/mol. The van der Waals surface area contributed by atoms with Gasteiger partial charge in [0.1, 0.15) is 5.75 Å². The van der Waals surface area contributed by atoms with Gasteiger partial charge in [-0.3, -0.25) is 9.89 Å². The quantitative estimate of drug-likeness (QED) is 0.550. The first-order valence-electron chi connectivity index (χ1n) is 8.96. The molecule has 0 fully saturated rings. The van der Waals surface area contributed by atoms with E-state index in [1.807, 2.05) is 24.3 Å². The van der Waals surface area contributed by atoms with Gasteiger partial charge in [-0.1, -0.05) is 25.1 Å². The van der Waals surface area contributed by atoms with Crippen molar-refractivity contribution >= 4 is 21.7 Å². The number of ether oxygens (including phenoxy) is 1. The van der Waals surface area contributed by atoms with Gasteiger partial charge in [0, 0.05) is 23.7 Å². The number of rotatable bonds is 7. The van der Waals surface area contributed by atoms with Crippen molar-refractivity contribution in [1.29, 1.82) is 0 Å². The van der Waals surface area contributed by atoms with Gasteiger partial charge < -0.3 is 10.1 Å². The van der Waals surface area contributed by atoms with Crippen LogP contribution in [0.3, 0.4) is 0 Å². The van der Waals surface area contributed by atoms with E-state index in [4.69, 9.17) is 4.74 Å². The smallest absolute Gasteiger partial charge is 0.257 e. The predicted octanol–water partition coefficient (Wildman–Crippen LogP) is 2.94. The van der Waals surface area contributed by atoms with Crippen molar-refractivity contribution < 1.29 is 17.9 Å². The highest BCUT2D eigenvalue weighted by atomic mass is 32.2. The number of amides is 1. The van der Waals surface area contributed by atoms with Crippen LogP contribution in [0.15, 0.2) is 53.4 Å². The normalized spacial score (nSPS) is 11.3. The third kappa shape index (κ3) is 4.47. The molecule has 0 atom stereocenters. The number of aromatic amines is 1. The van der Waals surface area contributed by atoms with Crippen LogP contribution in [0.4, 0.5) is 5.82 Å². The van der Waals surface area contributed by atoms with Gasteiger partial charge in [-0.2, -0.15) is 5.10 Å². The number of nitrogens with zero attached hydrogens (tertiary/aromatic N) is 1. The van der Waals surface area contributed by atoms with Gasteiger partial charge in [0.15, 0.2) is 5.82 Å². The standard InChI is InChI=1S/C20H22N4O4S/c1-4-21-29(26,27)14-10-9-13(2)16(11-14)20(25)22-19-12-17(23-24-19)15-7-5-6-8-18(15)28-3/h5-12,21H,4H2,1-3H3,(H2,22,23,24,25). The number of methoxy groups -OCH3 is 1. The molecule has 0 saturated carbocycles. The van der Waals surface area contributed by atoms with Crippen molar-refractivity contribution in [3.8, 4) is 17.0 Å². The van der Waals surface area contributed by atoms with E-state index in [0.717, 1.165) is 5.56 Å². The first-order valence-corrected chi connectivity index (χ1v) is 10.4. The Morgan fingerprint density at radius 3 is 2.66 bits per heavy atom. The molecule has 152 valence electrons. The number of para-hydroxylation sites is 1. The Labute approximate surface area is 169 Å². The lowest BCUT2D eigenvalue weighted by Crippen LogP contribution is -2.24. The Morgan fingerprint density at radius 2 is 1.93 bits per heavy atom. The minimum absolute atomic E-state index is 0.0341. The van der Waals surface area contributed by atoms with Crippen molar-refractivity contribution in [2.45, 2.75) is 18.7 Å². The summed E-state index contributed by atoms with van der Waals surface area (Å²) in [7, 11) is -2.08. The summed E-state index contributed by atoms with van der Waals surface area (Å²) in [6, 6.07) is 13.5. The first kappa shape index (κ1) is 20.6. The second-order valence-electron chi connectivity index (χ2n) is 6.30. The maximum Gasteiger partial charge on any atom is 0.257 e. The number of carbonyl (C=O) groups excluding carboxylic acids is 1. The van der Waals surface area contributed by atoms with E-state index in [9.17, 15) is 13.2 Å². The van der Waals surface area contributed by atoms with Crippen LogP contribution in [-0.2, 0) is 10.0 Å². The molecule has 1 amide bonds. The fourth-order valence-electron chi connectivity index (χ4n) is 2.86. The highest BCUT2D eigenvalue weighted by molar-refractivity contribution is 7.89. The number of H-pyrrole nitrogens is 1. The molecule has 3 rings (SSSR count). The maximum atomic E-state index is 12.7. The summed E-state index contributed by atoms with van der Waals surface area (Å²) < 4.78 is 32.2. The summed E-state index contributed by atoms with van der Waals surface area (Å²) in [5.74, 6) is 0.538. The summed E-state index contributed by atoms with van der Waals surface area (Å²) >= 11 is 0. The van der Waals surface area contributed by atoms with Crippen LogP contribution in [-0.4, -0.2) is 38.2 Å². The Bertz CT molecular complexity index is 1140. The molecule has 1 aromatic heterocycles. The van der Waals surface area contributed by atoms with E-state index in [1.165, 1.54) is 12.1 Å². The lowest BCUT2D eigenvalue weighted by molar-refractivity contribution is 0.102. The molecule has 0 spiro atoms. The molecule has 2 aromatic carbocycles. The zero-order chi connectivity index (χ0) is 21.0. The highest BCUT2D eigenvalue weighted by Gasteiger charge is 2.18. The highest BCUT2D eigenvalue weighted by Crippen LogP contribution is 2.29. The van der Waals surface area contributed by atoms with Crippen molar-refractivity contribution in [2.75, 3.05) is 19.0 Å². The molecule has 0 saturated heterocycles. The number of nitrogens with one attached hydrogen (secondary N) is 3. The van der Waals surface area contributed by atoms with Crippen LogP contribution in [0.1, 0.15) is 22.8 Å². The fraction of sp³-hybridized carbons (Fsp3) is 0.200. The molecule has 0 aliphatic rings. The average Bonchev–Trinajstić information content (AvgIpc) is 3.16. The van der Waals surface area contributed by atoms with Gasteiger partial charge in [-0.05, 0) is 36.8 Å². The number of benzene rings is 2. The zero-order valence-corrected chi connectivity index (χ0v) is 17.1. The summed E-state index contributed by atoms with van der Waals surface area (Å²) in [5, 5.41) is 9.69. The summed E-state index contributed by atoms with van der Waals surface area (Å²) in [6.45, 7) is 3.69. The first-order chi connectivity index (χ1) is 13.9. The number of aromatic nitrogens is 2. The SMILES string of the molecule is CCNS(=O)(=O)c1ccc(C)c(C(=O)Nc2cc(-c3ccccc3OC)[nH]n2)c1. The number of anilines is 1. The molecule has 0 aliphatic heterocycles. The Kier molecular flexibility index (Phi) is 6.00. The third-order valence-electron chi connectivity index (χ3n) is 4.31. The zero-order valence-electron chi connectivity index (χ0n) is 16.3. The van der Waals surface area contributed by atoms with E-state index in [1.54, 1.807) is 33.1 Å². The molecule has 0 bridgehead atoms. The van der Waals surface area contributed by atoms with E-state index >= 15 is 0 Å². The lowest BCUT2D eigenvalue weighted by Gasteiger charge is -2.09. The van der Waals surface area contributed by atoms with Gasteiger partial charge in [0.2, 0.25) is 10.0 Å². The topological polar surface area (TPSA) is 113 Å². The van der Waals surface area contributed by atoms with Gasteiger partial charge in [0.05, 0.1) is 17.7 Å². The monoisotopic (exact) mass is 414 g/mol. The third-order valence-corrected chi connectivity index (χ3v) is 5.86. The Hall–Kier alpha value is -3.17. The number of hydrogen-bond acceptors (Lipinski definition) is 5. The molecule has 0 aliphatic carbocycles. The summed E-state index contributed by atoms with van der Waals surface area (Å²) in [5.41, 5.74) is 2.39. The van der Waals surface area contributed by atoms with Gasteiger partial charge in [0.25, 0.3) is 5.91 Å². The summed E-state index contributed by atoms with van der Waals surface area (Å²) in [6.07, 6.45) is 0. The van der Waals surface area contributed by atoms with Crippen LogP contribution in [0, 0.1) is 6.92 Å². The molecular formula is C20H22N4O4S. The molecule has 3 N–H and O–H groups in total. The number of sulfonamides is 1. The van der Waals surface area contributed by atoms with Crippen LogP contribution < -0.4 is 14.8 Å². The molecule has 29 heavy (non-hydrogen) atoms. The van der Waals surface area contributed by atoms with Crippen LogP contribution in [0.2, 0.25) is 0 Å². The van der Waals surface area contributed by atoms with E-state index in [-0.39, 0.29) is 17.0 Å². The molecule has 1 heterocycles. The van der Waals surface area contributed by atoms with Crippen molar-refractivity contribution in [2.24, 2.45) is 0 Å². The van der Waals surface area contributed by atoms with Gasteiger partial charge >= 0.3 is 0 Å². The average molecular weight is 414 g/mol. The molecule has 0 radical (unpaired) electrons. The summed E-state index contributed by atoms with van der Waals surface area (Å²) in [4.78, 5) is 12.8. The largest absolute Gasteiger partial charge is 0.496 e. The fourth-order valence-corrected chi connectivity index (χ4v) is 3.93. The second-order valence-corrected chi connectivity index (χ2v) is 8.07. The molecule has 3 aromatic rings. The van der Waals surface area contributed by atoms with Crippen LogP contribution in [0.5, 0.6) is 5.75 Å². The number of hydrogen-bond donors (Lipinski definition) is 3. The van der Waals surface area contributed by atoms with E-state index in [2.05, 4.69) is 20.2 Å². The number of aryl methyl sites for hydroxylation is 1. The minimum atomic E-state index is -3.66. The number of carbonyl (C=O) groups is 1. The van der Waals surface area contributed by atoms with E-state index in [0.29, 0.717) is 22.8 Å². The van der Waals surface area contributed by atoms with Gasteiger partial charge in [-0.15, -0.1) is 0 Å². The van der Waals surface area contributed by atoms with Crippen molar-refractivity contribution in [3.63, 3.8) is 0 Å². The molecular weight excluding hydrogens is 392 g/mol. The molecule has 0 unspecified atom stereocenters. The molecule has 9 heteroatoms. The molecule has 8 nitrogen and oxygen atoms in total. The second kappa shape index (κ2) is 8.46. The Morgan fingerprint density at radius 1 is 1.17 bits per heavy atom. The van der Waals surface area contributed by atoms with Crippen molar-refractivity contribution in [3.05, 3.63) is 59.7 Å². The maximum absolute atomic E-state index is 12.7. The van der Waals surface area contributed by atoms with E-state index < -0.39 is 15.9 Å². The van der Waals surface area contributed by atoms with Gasteiger partial charge in [-0.25, -0.2) is 13.1 Å². The van der Waals surface area contributed by atoms with Crippen LogP contribution in [0.25, 0.3) is 11.3 Å². The van der Waals surface area contributed by atoms with Crippen molar-refractivity contribution in [1.82, 2.24) is 14.9 Å². The lowest BCUT2D eigenvalue weighted by atomic mass is 10.1. The minimum Gasteiger partial charge on any atom is -0.496 e. The van der Waals surface area contributed by atoms with Crippen LogP contribution >= 0.6 is 0 Å². The Balaban J connectivity index is 1.85.